The summed E-state index contributed by atoms with van der Waals surface area (Å²) in [6.07, 6.45) is 1.16. The number of nitrogens with zero attached hydrogens (tertiary/aromatic N) is 1. The largest absolute Gasteiger partial charge is 0.508 e. The van der Waals surface area contributed by atoms with Gasteiger partial charge in [-0.2, -0.15) is 0 Å². The number of benzene rings is 1. The second kappa shape index (κ2) is 4.06. The third-order valence-corrected chi connectivity index (χ3v) is 2.02. The zero-order chi connectivity index (χ0) is 11.5. The van der Waals surface area contributed by atoms with Gasteiger partial charge in [-0.05, 0) is 24.3 Å². The lowest BCUT2D eigenvalue weighted by atomic mass is 10.2. The van der Waals surface area contributed by atoms with Crippen LogP contribution in [-0.2, 0) is 11.2 Å². The van der Waals surface area contributed by atoms with E-state index in [1.807, 2.05) is 0 Å². The summed E-state index contributed by atoms with van der Waals surface area (Å²) in [6, 6.07) is 6.41. The van der Waals surface area contributed by atoms with Crippen LogP contribution in [0.15, 0.2) is 34.9 Å². The Morgan fingerprint density at radius 1 is 1.31 bits per heavy atom. The molecule has 2 N–H and O–H groups in total. The maximum absolute atomic E-state index is 10.4. The van der Waals surface area contributed by atoms with Crippen molar-refractivity contribution < 1.29 is 19.4 Å². The zero-order valence-electron chi connectivity index (χ0n) is 8.25. The minimum Gasteiger partial charge on any atom is -0.508 e. The molecule has 0 spiro atoms. The first-order chi connectivity index (χ1) is 7.65. The smallest absolute Gasteiger partial charge is 0.312 e. The molecule has 16 heavy (non-hydrogen) atoms. The van der Waals surface area contributed by atoms with Crippen molar-refractivity contribution in [1.82, 2.24) is 4.98 Å². The number of aromatic hydroxyl groups is 1. The van der Waals surface area contributed by atoms with Gasteiger partial charge in [0.2, 0.25) is 5.89 Å². The maximum Gasteiger partial charge on any atom is 0.312 e. The summed E-state index contributed by atoms with van der Waals surface area (Å²) in [5.41, 5.74) is 1.31. The summed E-state index contributed by atoms with van der Waals surface area (Å²) in [5, 5.41) is 17.7. The Balaban J connectivity index is 2.24. The van der Waals surface area contributed by atoms with Crippen LogP contribution >= 0.6 is 0 Å². The highest BCUT2D eigenvalue weighted by Gasteiger charge is 2.09. The van der Waals surface area contributed by atoms with E-state index in [1.165, 1.54) is 18.4 Å². The molecule has 0 fully saturated rings. The van der Waals surface area contributed by atoms with Crippen LogP contribution in [-0.4, -0.2) is 21.2 Å². The lowest BCUT2D eigenvalue weighted by Crippen LogP contribution is -1.99. The van der Waals surface area contributed by atoms with E-state index in [9.17, 15) is 4.79 Å². The van der Waals surface area contributed by atoms with Crippen LogP contribution in [0.1, 0.15) is 5.89 Å². The van der Waals surface area contributed by atoms with E-state index in [0.29, 0.717) is 5.69 Å². The molecule has 1 aromatic carbocycles. The Kier molecular flexibility index (Phi) is 2.59. The Morgan fingerprint density at radius 2 is 2.00 bits per heavy atom. The van der Waals surface area contributed by atoms with Gasteiger partial charge in [0.1, 0.15) is 24.1 Å². The molecule has 0 aliphatic rings. The molecular weight excluding hydrogens is 210 g/mol. The molecule has 0 bridgehead atoms. The van der Waals surface area contributed by atoms with Crippen molar-refractivity contribution in [2.45, 2.75) is 6.42 Å². The molecule has 1 heterocycles. The van der Waals surface area contributed by atoms with E-state index in [0.717, 1.165) is 5.56 Å². The highest BCUT2D eigenvalue weighted by Crippen LogP contribution is 2.21. The van der Waals surface area contributed by atoms with Crippen LogP contribution in [0.4, 0.5) is 0 Å². The van der Waals surface area contributed by atoms with Crippen molar-refractivity contribution >= 4 is 5.97 Å². The molecule has 0 aliphatic carbocycles. The Bertz CT molecular complexity index is 501. The molecular formula is C11H9NO4. The van der Waals surface area contributed by atoms with Crippen molar-refractivity contribution in [3.05, 3.63) is 36.4 Å². The second-order valence-corrected chi connectivity index (χ2v) is 3.24. The van der Waals surface area contributed by atoms with E-state index < -0.39 is 5.97 Å². The third-order valence-electron chi connectivity index (χ3n) is 2.02. The van der Waals surface area contributed by atoms with Crippen molar-refractivity contribution in [2.24, 2.45) is 0 Å². The van der Waals surface area contributed by atoms with Gasteiger partial charge in [0.05, 0.1) is 0 Å². The number of carbonyl (C=O) groups is 1. The van der Waals surface area contributed by atoms with Gasteiger partial charge in [-0.25, -0.2) is 4.98 Å². The number of aliphatic carboxylic acids is 1. The number of hydrogen-bond acceptors (Lipinski definition) is 4. The van der Waals surface area contributed by atoms with E-state index in [2.05, 4.69) is 4.98 Å². The molecule has 0 saturated carbocycles. The number of hydrogen-bond donors (Lipinski definition) is 2. The van der Waals surface area contributed by atoms with Gasteiger partial charge in [-0.1, -0.05) is 0 Å². The predicted molar refractivity (Wildman–Crippen MR) is 54.9 cm³/mol. The fraction of sp³-hybridized carbons (Fsp3) is 0.0909. The van der Waals surface area contributed by atoms with Crippen LogP contribution in [0, 0.1) is 0 Å². The van der Waals surface area contributed by atoms with Crippen LogP contribution in [0.25, 0.3) is 11.3 Å². The van der Waals surface area contributed by atoms with Crippen molar-refractivity contribution in [2.75, 3.05) is 0 Å². The summed E-state index contributed by atoms with van der Waals surface area (Å²) < 4.78 is 5.01. The van der Waals surface area contributed by atoms with Gasteiger partial charge in [0.15, 0.2) is 0 Å². The van der Waals surface area contributed by atoms with Crippen LogP contribution in [0.5, 0.6) is 5.75 Å². The Labute approximate surface area is 91.0 Å². The molecule has 5 heteroatoms. The fourth-order valence-corrected chi connectivity index (χ4v) is 1.29. The first kappa shape index (κ1) is 10.2. The molecule has 0 aliphatic heterocycles. The predicted octanol–water partition coefficient (Wildman–Crippen LogP) is 1.67. The number of rotatable bonds is 3. The van der Waals surface area contributed by atoms with E-state index >= 15 is 0 Å². The average Bonchev–Trinajstić information content (AvgIpc) is 2.66. The number of carboxylic acids is 1. The molecule has 2 rings (SSSR count). The van der Waals surface area contributed by atoms with Gasteiger partial charge >= 0.3 is 5.97 Å². The highest BCUT2D eigenvalue weighted by molar-refractivity contribution is 5.69. The first-order valence-corrected chi connectivity index (χ1v) is 4.61. The average molecular weight is 219 g/mol. The van der Waals surface area contributed by atoms with Crippen LogP contribution < -0.4 is 0 Å². The second-order valence-electron chi connectivity index (χ2n) is 3.24. The van der Waals surface area contributed by atoms with Crippen LogP contribution in [0.2, 0.25) is 0 Å². The van der Waals surface area contributed by atoms with Gasteiger partial charge in [0, 0.05) is 5.56 Å². The number of oxazole rings is 1. The van der Waals surface area contributed by atoms with E-state index in [1.54, 1.807) is 12.1 Å². The first-order valence-electron chi connectivity index (χ1n) is 4.61. The summed E-state index contributed by atoms with van der Waals surface area (Å²) in [5.74, 6) is -0.660. The monoisotopic (exact) mass is 219 g/mol. The lowest BCUT2D eigenvalue weighted by molar-refractivity contribution is -0.136. The number of carboxylic acid groups (broad SMARTS) is 1. The normalized spacial score (nSPS) is 10.2. The summed E-state index contributed by atoms with van der Waals surface area (Å²) in [7, 11) is 0. The SMILES string of the molecule is O=C(O)Cc1nc(-c2ccc(O)cc2)co1. The van der Waals surface area contributed by atoms with Crippen LogP contribution in [0.3, 0.4) is 0 Å². The topological polar surface area (TPSA) is 83.6 Å². The molecule has 82 valence electrons. The number of aromatic nitrogens is 1. The summed E-state index contributed by atoms with van der Waals surface area (Å²) in [4.78, 5) is 14.4. The summed E-state index contributed by atoms with van der Waals surface area (Å²) in [6.45, 7) is 0. The van der Waals surface area contributed by atoms with E-state index in [-0.39, 0.29) is 18.1 Å². The lowest BCUT2D eigenvalue weighted by Gasteiger charge is -1.94. The molecule has 0 saturated heterocycles. The highest BCUT2D eigenvalue weighted by atomic mass is 16.4. The van der Waals surface area contributed by atoms with Gasteiger partial charge in [-0.3, -0.25) is 4.79 Å². The molecule has 2 aromatic rings. The minimum absolute atomic E-state index is 0.163. The Morgan fingerprint density at radius 3 is 2.62 bits per heavy atom. The maximum atomic E-state index is 10.4. The number of phenolic OH excluding ortho intramolecular Hbond substituents is 1. The molecule has 0 unspecified atom stereocenters. The van der Waals surface area contributed by atoms with Gasteiger partial charge in [0.25, 0.3) is 0 Å². The van der Waals surface area contributed by atoms with Crippen molar-refractivity contribution in [1.29, 1.82) is 0 Å². The molecule has 1 aromatic heterocycles. The number of phenols is 1. The molecule has 0 amide bonds. The van der Waals surface area contributed by atoms with Gasteiger partial charge in [-0.15, -0.1) is 0 Å². The van der Waals surface area contributed by atoms with Crippen molar-refractivity contribution in [3.8, 4) is 17.0 Å². The fourth-order valence-electron chi connectivity index (χ4n) is 1.29. The summed E-state index contributed by atoms with van der Waals surface area (Å²) >= 11 is 0. The standard InChI is InChI=1S/C11H9NO4/c13-8-3-1-7(2-4-8)9-6-16-10(12-9)5-11(14)15/h1-4,6,13H,5H2,(H,14,15). The zero-order valence-corrected chi connectivity index (χ0v) is 8.25. The molecule has 0 atom stereocenters. The third kappa shape index (κ3) is 2.20. The van der Waals surface area contributed by atoms with Crippen molar-refractivity contribution in [3.63, 3.8) is 0 Å². The minimum atomic E-state index is -0.987. The quantitative estimate of drug-likeness (QED) is 0.820. The van der Waals surface area contributed by atoms with E-state index in [4.69, 9.17) is 14.6 Å². The molecule has 5 nitrogen and oxygen atoms in total. The Hall–Kier alpha value is -2.30. The van der Waals surface area contributed by atoms with Gasteiger partial charge < -0.3 is 14.6 Å². The molecule has 0 radical (unpaired) electrons.